The Labute approximate surface area is 131 Å². The highest BCUT2D eigenvalue weighted by Crippen LogP contribution is 2.27. The monoisotopic (exact) mass is 304 g/mol. The quantitative estimate of drug-likeness (QED) is 0.873. The van der Waals surface area contributed by atoms with Crippen LogP contribution in [0.1, 0.15) is 30.7 Å². The van der Waals surface area contributed by atoms with Crippen LogP contribution in [0.25, 0.3) is 0 Å². The van der Waals surface area contributed by atoms with E-state index in [9.17, 15) is 0 Å². The van der Waals surface area contributed by atoms with Crippen molar-refractivity contribution in [1.29, 1.82) is 0 Å². The maximum Gasteiger partial charge on any atom is 0.224 e. The molecule has 0 aliphatic rings. The van der Waals surface area contributed by atoms with Crippen molar-refractivity contribution in [3.8, 4) is 11.6 Å². The van der Waals surface area contributed by atoms with Crippen LogP contribution in [0.3, 0.4) is 0 Å². The van der Waals surface area contributed by atoms with Crippen molar-refractivity contribution in [2.45, 2.75) is 40.3 Å². The lowest BCUT2D eigenvalue weighted by molar-refractivity contribution is 0.448. The summed E-state index contributed by atoms with van der Waals surface area (Å²) in [7, 11) is 0. The van der Waals surface area contributed by atoms with Crippen LogP contribution in [0.4, 0.5) is 0 Å². The maximum absolute atomic E-state index is 5.95. The lowest BCUT2D eigenvalue weighted by Gasteiger charge is -2.16. The number of pyridine rings is 1. The number of hydrogen-bond acceptors (Lipinski definition) is 3. The summed E-state index contributed by atoms with van der Waals surface area (Å²) in [5, 5.41) is 4.11. The molecule has 112 valence electrons. The Bertz CT molecular complexity index is 609. The van der Waals surface area contributed by atoms with E-state index >= 15 is 0 Å². The van der Waals surface area contributed by atoms with E-state index in [2.05, 4.69) is 37.1 Å². The number of ether oxygens (including phenoxy) is 1. The Kier molecular flexibility index (Phi) is 5.21. The lowest BCUT2D eigenvalue weighted by Crippen LogP contribution is -2.23. The summed E-state index contributed by atoms with van der Waals surface area (Å²) >= 11 is 5.90. The lowest BCUT2D eigenvalue weighted by atomic mass is 10.1. The van der Waals surface area contributed by atoms with Gasteiger partial charge in [-0.15, -0.1) is 0 Å². The molecule has 2 rings (SSSR count). The Morgan fingerprint density at radius 1 is 1.19 bits per heavy atom. The highest BCUT2D eigenvalue weighted by Gasteiger charge is 2.11. The average molecular weight is 305 g/mol. The highest BCUT2D eigenvalue weighted by atomic mass is 35.5. The zero-order valence-corrected chi connectivity index (χ0v) is 13.7. The second kappa shape index (κ2) is 6.92. The van der Waals surface area contributed by atoms with Crippen LogP contribution < -0.4 is 10.1 Å². The van der Waals surface area contributed by atoms with Crippen LogP contribution in [-0.4, -0.2) is 11.0 Å². The molecular weight excluding hydrogens is 284 g/mol. The van der Waals surface area contributed by atoms with Crippen LogP contribution >= 0.6 is 11.6 Å². The first-order valence-corrected chi connectivity index (χ1v) is 7.47. The molecule has 0 unspecified atom stereocenters. The first kappa shape index (κ1) is 15.8. The minimum atomic E-state index is 0.411. The van der Waals surface area contributed by atoms with Gasteiger partial charge in [0.05, 0.1) is 0 Å². The molecule has 2 aromatic rings. The van der Waals surface area contributed by atoms with E-state index in [0.29, 0.717) is 16.9 Å². The molecule has 4 heteroatoms. The maximum atomic E-state index is 5.95. The number of halogens is 1. The van der Waals surface area contributed by atoms with E-state index in [1.807, 2.05) is 31.2 Å². The van der Waals surface area contributed by atoms with Gasteiger partial charge in [-0.05, 0) is 49.7 Å². The molecule has 0 saturated heterocycles. The van der Waals surface area contributed by atoms with E-state index in [1.165, 1.54) is 5.56 Å². The van der Waals surface area contributed by atoms with Gasteiger partial charge in [0.2, 0.25) is 5.88 Å². The summed E-state index contributed by atoms with van der Waals surface area (Å²) in [5.74, 6) is 1.39. The van der Waals surface area contributed by atoms with E-state index in [0.717, 1.165) is 23.6 Å². The van der Waals surface area contributed by atoms with Gasteiger partial charge in [0.1, 0.15) is 5.75 Å². The molecule has 1 aromatic carbocycles. The molecule has 0 amide bonds. The van der Waals surface area contributed by atoms with Crippen molar-refractivity contribution in [3.63, 3.8) is 0 Å². The van der Waals surface area contributed by atoms with Crippen molar-refractivity contribution in [3.05, 3.63) is 52.2 Å². The number of benzene rings is 1. The molecular formula is C17H21ClN2O. The summed E-state index contributed by atoms with van der Waals surface area (Å²) in [6.45, 7) is 9.04. The number of aromatic nitrogens is 1. The minimum Gasteiger partial charge on any atom is -0.439 e. The third-order valence-corrected chi connectivity index (χ3v) is 3.40. The third kappa shape index (κ3) is 4.45. The fraction of sp³-hybridized carbons (Fsp3) is 0.353. The van der Waals surface area contributed by atoms with Crippen LogP contribution in [-0.2, 0) is 6.54 Å². The summed E-state index contributed by atoms with van der Waals surface area (Å²) in [6, 6.07) is 9.81. The highest BCUT2D eigenvalue weighted by molar-refractivity contribution is 6.30. The summed E-state index contributed by atoms with van der Waals surface area (Å²) in [4.78, 5) is 4.53. The second-order valence-corrected chi connectivity index (χ2v) is 5.89. The molecule has 21 heavy (non-hydrogen) atoms. The van der Waals surface area contributed by atoms with E-state index < -0.39 is 0 Å². The number of hydrogen-bond donors (Lipinski definition) is 1. The van der Waals surface area contributed by atoms with Crippen LogP contribution in [0.5, 0.6) is 11.6 Å². The van der Waals surface area contributed by atoms with Gasteiger partial charge in [0.25, 0.3) is 0 Å². The number of aryl methyl sites for hydroxylation is 2. The minimum absolute atomic E-state index is 0.411. The summed E-state index contributed by atoms with van der Waals surface area (Å²) in [5.41, 5.74) is 3.22. The Morgan fingerprint density at radius 2 is 1.86 bits per heavy atom. The Balaban J connectivity index is 2.29. The smallest absolute Gasteiger partial charge is 0.224 e. The molecule has 1 heterocycles. The fourth-order valence-electron chi connectivity index (χ4n) is 2.05. The molecule has 0 spiro atoms. The van der Waals surface area contributed by atoms with E-state index in [4.69, 9.17) is 16.3 Å². The van der Waals surface area contributed by atoms with Crippen molar-refractivity contribution in [1.82, 2.24) is 10.3 Å². The van der Waals surface area contributed by atoms with Crippen LogP contribution in [0, 0.1) is 13.8 Å². The standard InChI is InChI=1S/C17H21ClN2O/c1-11(2)19-10-16-12(3)9-13(4)20-17(16)21-15-7-5-14(18)6-8-15/h5-9,11,19H,10H2,1-4H3. The van der Waals surface area contributed by atoms with Crippen LogP contribution in [0.15, 0.2) is 30.3 Å². The van der Waals surface area contributed by atoms with Gasteiger partial charge in [-0.3, -0.25) is 0 Å². The first-order valence-electron chi connectivity index (χ1n) is 7.09. The molecule has 0 aliphatic heterocycles. The Hall–Kier alpha value is -1.58. The largest absolute Gasteiger partial charge is 0.439 e. The first-order chi connectivity index (χ1) is 9.95. The molecule has 0 radical (unpaired) electrons. The zero-order valence-electron chi connectivity index (χ0n) is 12.9. The molecule has 0 atom stereocenters. The van der Waals surface area contributed by atoms with Crippen molar-refractivity contribution in [2.75, 3.05) is 0 Å². The van der Waals surface area contributed by atoms with E-state index in [-0.39, 0.29) is 0 Å². The SMILES string of the molecule is Cc1cc(C)c(CNC(C)C)c(Oc2ccc(Cl)cc2)n1. The zero-order chi connectivity index (χ0) is 15.4. The molecule has 1 N–H and O–H groups in total. The van der Waals surface area contributed by atoms with Crippen molar-refractivity contribution < 1.29 is 4.74 Å². The second-order valence-electron chi connectivity index (χ2n) is 5.46. The van der Waals surface area contributed by atoms with Gasteiger partial charge < -0.3 is 10.1 Å². The number of nitrogens with one attached hydrogen (secondary N) is 1. The normalized spacial score (nSPS) is 11.0. The van der Waals surface area contributed by atoms with Gasteiger partial charge >= 0.3 is 0 Å². The molecule has 0 bridgehead atoms. The molecule has 1 aromatic heterocycles. The van der Waals surface area contributed by atoms with Gasteiger partial charge in [0.15, 0.2) is 0 Å². The predicted molar refractivity (Wildman–Crippen MR) is 87.2 cm³/mol. The van der Waals surface area contributed by atoms with Gasteiger partial charge in [-0.25, -0.2) is 4.98 Å². The molecule has 0 aliphatic carbocycles. The molecule has 0 saturated carbocycles. The molecule has 3 nitrogen and oxygen atoms in total. The summed E-state index contributed by atoms with van der Waals surface area (Å²) in [6.07, 6.45) is 0. The van der Waals surface area contributed by atoms with Crippen LogP contribution in [0.2, 0.25) is 5.02 Å². The van der Waals surface area contributed by atoms with Gasteiger partial charge in [-0.2, -0.15) is 0 Å². The topological polar surface area (TPSA) is 34.1 Å². The fourth-order valence-corrected chi connectivity index (χ4v) is 2.17. The third-order valence-electron chi connectivity index (χ3n) is 3.15. The predicted octanol–water partition coefficient (Wildman–Crippen LogP) is 4.64. The van der Waals surface area contributed by atoms with Crippen molar-refractivity contribution in [2.24, 2.45) is 0 Å². The summed E-state index contributed by atoms with van der Waals surface area (Å²) < 4.78 is 5.95. The van der Waals surface area contributed by atoms with Crippen molar-refractivity contribution >= 4 is 11.6 Å². The van der Waals surface area contributed by atoms with E-state index in [1.54, 1.807) is 0 Å². The average Bonchev–Trinajstić information content (AvgIpc) is 2.40. The number of nitrogens with zero attached hydrogens (tertiary/aromatic N) is 1. The van der Waals surface area contributed by atoms with Gasteiger partial charge in [0, 0.05) is 28.9 Å². The Morgan fingerprint density at radius 3 is 2.48 bits per heavy atom. The molecule has 0 fully saturated rings. The van der Waals surface area contributed by atoms with Gasteiger partial charge in [-0.1, -0.05) is 25.4 Å². The number of rotatable bonds is 5.